The predicted molar refractivity (Wildman–Crippen MR) is 68.3 cm³/mol. The molecule has 0 unspecified atom stereocenters. The van der Waals surface area contributed by atoms with Gasteiger partial charge >= 0.3 is 5.97 Å². The molecule has 0 aromatic carbocycles. The van der Waals surface area contributed by atoms with Crippen molar-refractivity contribution >= 4 is 21.9 Å². The molecule has 0 aliphatic heterocycles. The zero-order chi connectivity index (χ0) is 14.0. The van der Waals surface area contributed by atoms with Crippen molar-refractivity contribution < 1.29 is 9.90 Å². The molecule has 0 aliphatic carbocycles. The van der Waals surface area contributed by atoms with Gasteiger partial charge in [0.15, 0.2) is 5.69 Å². The number of hydrogen-bond acceptors (Lipinski definition) is 5. The lowest BCUT2D eigenvalue weighted by Gasteiger charge is -2.02. The number of pyridine rings is 1. The number of halogens is 1. The van der Waals surface area contributed by atoms with Gasteiger partial charge in [-0.25, -0.2) is 9.48 Å². The second kappa shape index (κ2) is 5.16. The second-order valence-corrected chi connectivity index (χ2v) is 4.53. The Balaban J connectivity index is 2.59. The van der Waals surface area contributed by atoms with Crippen LogP contribution >= 0.6 is 15.9 Å². The maximum Gasteiger partial charge on any atom is 0.356 e. The number of nitriles is 1. The third kappa shape index (κ3) is 2.46. The molecule has 0 saturated heterocycles. The molecule has 0 fully saturated rings. The molecule has 0 radical (unpaired) electrons. The number of nitrogens with zero attached hydrogens (tertiary/aromatic N) is 5. The van der Waals surface area contributed by atoms with Gasteiger partial charge < -0.3 is 5.11 Å². The smallest absolute Gasteiger partial charge is 0.356 e. The molecular formula is C11H8BrN5O2. The number of carboxylic acid groups (broad SMARTS) is 1. The van der Waals surface area contributed by atoms with E-state index in [1.807, 2.05) is 6.07 Å². The first-order valence-electron chi connectivity index (χ1n) is 5.22. The van der Waals surface area contributed by atoms with Crippen LogP contribution in [0.4, 0.5) is 0 Å². The highest BCUT2D eigenvalue weighted by Gasteiger charge is 2.22. The predicted octanol–water partition coefficient (Wildman–Crippen LogP) is 1.63. The molecule has 0 aliphatic rings. The summed E-state index contributed by atoms with van der Waals surface area (Å²) in [4.78, 5) is 15.5. The Bertz CT molecular complexity index is 689. The van der Waals surface area contributed by atoms with E-state index in [9.17, 15) is 9.90 Å². The van der Waals surface area contributed by atoms with E-state index in [-0.39, 0.29) is 17.9 Å². The van der Waals surface area contributed by atoms with E-state index >= 15 is 0 Å². The lowest BCUT2D eigenvalue weighted by atomic mass is 10.2. The molecular weight excluding hydrogens is 314 g/mol. The van der Waals surface area contributed by atoms with Gasteiger partial charge in [-0.2, -0.15) is 5.26 Å². The van der Waals surface area contributed by atoms with Gasteiger partial charge in [0.2, 0.25) is 0 Å². The van der Waals surface area contributed by atoms with Crippen LogP contribution in [-0.4, -0.2) is 31.1 Å². The number of carbonyl (C=O) groups is 1. The highest BCUT2D eigenvalue weighted by atomic mass is 79.9. The molecule has 2 aromatic rings. The summed E-state index contributed by atoms with van der Waals surface area (Å²) in [5.74, 6) is -1.20. The molecule has 1 N–H and O–H groups in total. The summed E-state index contributed by atoms with van der Waals surface area (Å²) < 4.78 is 1.86. The van der Waals surface area contributed by atoms with E-state index in [1.165, 1.54) is 0 Å². The minimum absolute atomic E-state index is 0.143. The fourth-order valence-corrected chi connectivity index (χ4v) is 1.77. The van der Waals surface area contributed by atoms with Gasteiger partial charge in [-0.15, -0.1) is 5.10 Å². The van der Waals surface area contributed by atoms with E-state index in [2.05, 4.69) is 31.2 Å². The van der Waals surface area contributed by atoms with Crippen LogP contribution in [0.1, 0.15) is 16.2 Å². The summed E-state index contributed by atoms with van der Waals surface area (Å²) in [5.41, 5.74) is 1.13. The topological polar surface area (TPSA) is 105 Å². The third-order valence-corrected chi connectivity index (χ3v) is 3.26. The van der Waals surface area contributed by atoms with E-state index < -0.39 is 5.97 Å². The Kier molecular flexibility index (Phi) is 3.57. The number of aryl methyl sites for hydroxylation is 1. The third-order valence-electron chi connectivity index (χ3n) is 2.42. The van der Waals surface area contributed by atoms with Crippen LogP contribution in [-0.2, 0) is 6.54 Å². The number of rotatable bonds is 3. The molecule has 0 bridgehead atoms. The SMILES string of the molecule is Cc1nc(-c2nnn(CC#N)c2C(=O)O)ccc1Br. The van der Waals surface area contributed by atoms with Crippen LogP contribution in [0, 0.1) is 18.3 Å². The molecule has 2 aromatic heterocycles. The zero-order valence-electron chi connectivity index (χ0n) is 9.83. The van der Waals surface area contributed by atoms with Crippen molar-refractivity contribution in [1.82, 2.24) is 20.0 Å². The summed E-state index contributed by atoms with van der Waals surface area (Å²) in [7, 11) is 0. The minimum atomic E-state index is -1.20. The molecule has 0 saturated carbocycles. The molecule has 7 nitrogen and oxygen atoms in total. The Labute approximate surface area is 116 Å². The van der Waals surface area contributed by atoms with Gasteiger partial charge in [0.25, 0.3) is 0 Å². The molecule has 8 heteroatoms. The van der Waals surface area contributed by atoms with Gasteiger partial charge in [0.1, 0.15) is 12.2 Å². The lowest BCUT2D eigenvalue weighted by Crippen LogP contribution is -2.10. The first-order chi connectivity index (χ1) is 9.04. The van der Waals surface area contributed by atoms with Crippen LogP contribution in [0.3, 0.4) is 0 Å². The van der Waals surface area contributed by atoms with Crippen molar-refractivity contribution in [1.29, 1.82) is 5.26 Å². The highest BCUT2D eigenvalue weighted by molar-refractivity contribution is 9.10. The Morgan fingerprint density at radius 3 is 2.89 bits per heavy atom. The van der Waals surface area contributed by atoms with Gasteiger partial charge in [-0.05, 0) is 35.0 Å². The minimum Gasteiger partial charge on any atom is -0.476 e. The van der Waals surface area contributed by atoms with Crippen LogP contribution in [0.5, 0.6) is 0 Å². The van der Waals surface area contributed by atoms with Gasteiger partial charge in [-0.3, -0.25) is 4.98 Å². The lowest BCUT2D eigenvalue weighted by molar-refractivity contribution is 0.0685. The fourth-order valence-electron chi connectivity index (χ4n) is 1.55. The Morgan fingerprint density at radius 1 is 1.58 bits per heavy atom. The number of aromatic nitrogens is 4. The molecule has 96 valence electrons. The highest BCUT2D eigenvalue weighted by Crippen LogP contribution is 2.23. The van der Waals surface area contributed by atoms with Crippen molar-refractivity contribution in [3.8, 4) is 17.5 Å². The van der Waals surface area contributed by atoms with Crippen molar-refractivity contribution in [2.24, 2.45) is 0 Å². The normalized spacial score (nSPS) is 10.2. The van der Waals surface area contributed by atoms with E-state index in [0.717, 1.165) is 9.15 Å². The molecule has 2 rings (SSSR count). The number of aromatic carboxylic acids is 1. The Hall–Kier alpha value is -2.27. The first kappa shape index (κ1) is 13.2. The fraction of sp³-hybridized carbons (Fsp3) is 0.182. The number of hydrogen-bond donors (Lipinski definition) is 1. The summed E-state index contributed by atoms with van der Waals surface area (Å²) in [6.45, 7) is 1.61. The quantitative estimate of drug-likeness (QED) is 0.921. The van der Waals surface area contributed by atoms with Crippen molar-refractivity contribution in [3.63, 3.8) is 0 Å². The summed E-state index contributed by atoms with van der Waals surface area (Å²) >= 11 is 3.32. The van der Waals surface area contributed by atoms with Gasteiger partial charge in [0.05, 0.1) is 17.5 Å². The van der Waals surface area contributed by atoms with Crippen LogP contribution in [0.2, 0.25) is 0 Å². The standard InChI is InChI=1S/C11H8BrN5O2/c1-6-7(12)2-3-8(14-6)9-10(11(18)19)17(5-4-13)16-15-9/h2-3H,5H2,1H3,(H,18,19). The molecule has 0 spiro atoms. The molecule has 0 atom stereocenters. The number of carboxylic acids is 1. The summed E-state index contributed by atoms with van der Waals surface area (Å²) in [6, 6.07) is 5.23. The molecule has 2 heterocycles. The van der Waals surface area contributed by atoms with Crippen LogP contribution in [0.25, 0.3) is 11.4 Å². The maximum absolute atomic E-state index is 11.3. The average molecular weight is 322 g/mol. The molecule has 19 heavy (non-hydrogen) atoms. The summed E-state index contributed by atoms with van der Waals surface area (Å²) in [5, 5.41) is 25.3. The zero-order valence-corrected chi connectivity index (χ0v) is 11.4. The molecule has 0 amide bonds. The van der Waals surface area contributed by atoms with E-state index in [4.69, 9.17) is 5.26 Å². The van der Waals surface area contributed by atoms with Crippen LogP contribution in [0.15, 0.2) is 16.6 Å². The second-order valence-electron chi connectivity index (χ2n) is 3.67. The van der Waals surface area contributed by atoms with Crippen molar-refractivity contribution in [3.05, 3.63) is 28.0 Å². The van der Waals surface area contributed by atoms with Gasteiger partial charge in [-0.1, -0.05) is 5.21 Å². The average Bonchev–Trinajstić information content (AvgIpc) is 2.77. The monoisotopic (exact) mass is 321 g/mol. The van der Waals surface area contributed by atoms with E-state index in [0.29, 0.717) is 11.4 Å². The summed E-state index contributed by atoms with van der Waals surface area (Å²) in [6.07, 6.45) is 0. The van der Waals surface area contributed by atoms with Crippen LogP contribution < -0.4 is 0 Å². The van der Waals surface area contributed by atoms with Gasteiger partial charge in [0, 0.05) is 4.47 Å². The van der Waals surface area contributed by atoms with Crippen molar-refractivity contribution in [2.75, 3.05) is 0 Å². The van der Waals surface area contributed by atoms with Crippen molar-refractivity contribution in [2.45, 2.75) is 13.5 Å². The first-order valence-corrected chi connectivity index (χ1v) is 6.01. The maximum atomic E-state index is 11.3. The van der Waals surface area contributed by atoms with E-state index in [1.54, 1.807) is 19.1 Å². The largest absolute Gasteiger partial charge is 0.476 e. The Morgan fingerprint density at radius 2 is 2.32 bits per heavy atom.